The molecule has 2 saturated heterocycles. The van der Waals surface area contributed by atoms with Crippen LogP contribution in [0.2, 0.25) is 0 Å². The molecule has 4 atom stereocenters. The molecular weight excluding hydrogens is 566 g/mol. The van der Waals surface area contributed by atoms with Crippen LogP contribution in [-0.4, -0.2) is 66.7 Å². The van der Waals surface area contributed by atoms with Gasteiger partial charge in [0.1, 0.15) is 27.7 Å². The Kier molecular flexibility index (Phi) is 7.58. The number of ether oxygens (including phenoxy) is 3. The second kappa shape index (κ2) is 11.1. The summed E-state index contributed by atoms with van der Waals surface area (Å²) in [5, 5.41) is 3.91. The van der Waals surface area contributed by atoms with Gasteiger partial charge >= 0.3 is 6.09 Å². The zero-order valence-corrected chi connectivity index (χ0v) is 26.1. The standard InChI is InChI=1S/C32H39N5O5S/c1-18-10-11-41-32(18)17-37(15-21(32)14-34-30(39)42-31(3,4)5)23-8-7-20-12-22(16-40-25(20)13-23)36-28(38)27-26(33)24-9-6-19(2)35-29(24)43-27/h6-9,13-14,18,21-22H,10-12,15-17,33H2,1-5H3,(H,36,38)/t18-,21?,22-,32-/m1/s1. The summed E-state index contributed by atoms with van der Waals surface area (Å²) >= 11 is 1.31. The van der Waals surface area contributed by atoms with Crippen LogP contribution in [-0.2, 0) is 15.9 Å². The lowest BCUT2D eigenvalue weighted by Gasteiger charge is -2.32. The van der Waals surface area contributed by atoms with Gasteiger partial charge in [-0.15, -0.1) is 11.3 Å². The normalized spacial score (nSPS) is 25.3. The van der Waals surface area contributed by atoms with E-state index in [0.717, 1.165) is 39.3 Å². The van der Waals surface area contributed by atoms with Gasteiger partial charge in [-0.05, 0) is 70.2 Å². The van der Waals surface area contributed by atoms with Crippen LogP contribution in [0.1, 0.15) is 55.0 Å². The van der Waals surface area contributed by atoms with Crippen molar-refractivity contribution in [2.75, 3.05) is 36.9 Å². The molecule has 1 aromatic carbocycles. The maximum Gasteiger partial charge on any atom is 0.433 e. The number of anilines is 2. The van der Waals surface area contributed by atoms with E-state index in [1.54, 1.807) is 6.21 Å². The number of carbonyl (C=O) groups excluding carboxylic acids is 2. The maximum atomic E-state index is 13.1. The third-order valence-corrected chi connectivity index (χ3v) is 9.70. The number of thiophene rings is 1. The van der Waals surface area contributed by atoms with Gasteiger partial charge in [-0.1, -0.05) is 13.0 Å². The molecule has 2 fully saturated rings. The van der Waals surface area contributed by atoms with Gasteiger partial charge in [-0.2, -0.15) is 4.99 Å². The van der Waals surface area contributed by atoms with Crippen LogP contribution in [0.4, 0.5) is 16.2 Å². The predicted molar refractivity (Wildman–Crippen MR) is 169 cm³/mol. The van der Waals surface area contributed by atoms with E-state index in [9.17, 15) is 9.59 Å². The van der Waals surface area contributed by atoms with E-state index < -0.39 is 17.3 Å². The van der Waals surface area contributed by atoms with Gasteiger partial charge in [0, 0.05) is 54.7 Å². The minimum Gasteiger partial charge on any atom is -0.491 e. The highest BCUT2D eigenvalue weighted by atomic mass is 32.1. The molecule has 2 amide bonds. The first-order valence-electron chi connectivity index (χ1n) is 14.8. The first-order valence-corrected chi connectivity index (χ1v) is 15.6. The molecule has 43 heavy (non-hydrogen) atoms. The lowest BCUT2D eigenvalue weighted by atomic mass is 9.81. The minimum absolute atomic E-state index is 0.0606. The summed E-state index contributed by atoms with van der Waals surface area (Å²) in [6, 6.07) is 9.85. The van der Waals surface area contributed by atoms with Crippen LogP contribution in [0, 0.1) is 18.8 Å². The Hall–Kier alpha value is -3.70. The Balaban J connectivity index is 1.14. The number of hydrogen-bond acceptors (Lipinski definition) is 9. The molecule has 0 radical (unpaired) electrons. The van der Waals surface area contributed by atoms with Crippen molar-refractivity contribution in [3.05, 3.63) is 46.5 Å². The SMILES string of the molecule is Cc1ccc2c(N)c(C(=O)N[C@H]3COc4cc(N5CC(C=NC(=O)OC(C)(C)C)[C@]6(C5)OCC[C@H]6C)ccc4C3)sc2n1. The number of hydrogen-bond donors (Lipinski definition) is 2. The van der Waals surface area contributed by atoms with Crippen molar-refractivity contribution < 1.29 is 23.8 Å². The summed E-state index contributed by atoms with van der Waals surface area (Å²) in [5.41, 5.74) is 8.69. The first-order chi connectivity index (χ1) is 20.4. The van der Waals surface area contributed by atoms with Crippen LogP contribution in [0.3, 0.4) is 0 Å². The summed E-state index contributed by atoms with van der Waals surface area (Å²) in [6.45, 7) is 12.0. The van der Waals surface area contributed by atoms with E-state index in [0.29, 0.717) is 49.2 Å². The number of fused-ring (bicyclic) bond motifs is 2. The largest absolute Gasteiger partial charge is 0.491 e. The van der Waals surface area contributed by atoms with E-state index in [1.807, 2.05) is 39.8 Å². The lowest BCUT2D eigenvalue weighted by Crippen LogP contribution is -2.43. The van der Waals surface area contributed by atoms with Gasteiger partial charge in [0.05, 0.1) is 17.3 Å². The molecule has 1 spiro atoms. The molecule has 3 aliphatic heterocycles. The smallest absolute Gasteiger partial charge is 0.433 e. The van der Waals surface area contributed by atoms with Crippen LogP contribution in [0.5, 0.6) is 5.75 Å². The monoisotopic (exact) mass is 605 g/mol. The fourth-order valence-corrected chi connectivity index (χ4v) is 7.37. The molecular formula is C32H39N5O5S. The highest BCUT2D eigenvalue weighted by Crippen LogP contribution is 2.45. The van der Waals surface area contributed by atoms with E-state index in [-0.39, 0.29) is 17.9 Å². The van der Waals surface area contributed by atoms with Crippen LogP contribution in [0.15, 0.2) is 35.3 Å². The second-order valence-corrected chi connectivity index (χ2v) is 13.9. The lowest BCUT2D eigenvalue weighted by molar-refractivity contribution is -0.0154. The number of pyridine rings is 1. The van der Waals surface area contributed by atoms with Gasteiger partial charge in [0.25, 0.3) is 5.91 Å². The van der Waals surface area contributed by atoms with Gasteiger partial charge in [-0.25, -0.2) is 9.78 Å². The zero-order valence-electron chi connectivity index (χ0n) is 25.3. The number of benzene rings is 1. The fraction of sp³-hybridized carbons (Fsp3) is 0.500. The fourth-order valence-electron chi connectivity index (χ4n) is 6.33. The molecule has 6 rings (SSSR count). The maximum absolute atomic E-state index is 13.1. The molecule has 0 aliphatic carbocycles. The quantitative estimate of drug-likeness (QED) is 0.391. The second-order valence-electron chi connectivity index (χ2n) is 12.9. The number of aryl methyl sites for hydroxylation is 1. The molecule has 5 heterocycles. The topological polar surface area (TPSA) is 128 Å². The number of aromatic nitrogens is 1. The number of nitrogen functional groups attached to an aromatic ring is 1. The molecule has 10 nitrogen and oxygen atoms in total. The average molecular weight is 606 g/mol. The van der Waals surface area contributed by atoms with Crippen molar-refractivity contribution in [3.8, 4) is 5.75 Å². The minimum atomic E-state index is -0.599. The zero-order chi connectivity index (χ0) is 30.5. The van der Waals surface area contributed by atoms with E-state index >= 15 is 0 Å². The third-order valence-electron chi connectivity index (χ3n) is 8.59. The summed E-state index contributed by atoms with van der Waals surface area (Å²) in [6.07, 6.45) is 2.75. The summed E-state index contributed by atoms with van der Waals surface area (Å²) in [7, 11) is 0. The third kappa shape index (κ3) is 5.80. The number of rotatable bonds is 4. The Morgan fingerprint density at radius 3 is 2.84 bits per heavy atom. The van der Waals surface area contributed by atoms with Crippen molar-refractivity contribution in [2.24, 2.45) is 16.8 Å². The van der Waals surface area contributed by atoms with E-state index in [1.165, 1.54) is 11.3 Å². The van der Waals surface area contributed by atoms with Crippen LogP contribution >= 0.6 is 11.3 Å². The van der Waals surface area contributed by atoms with Gasteiger partial charge in [0.15, 0.2) is 0 Å². The number of carbonyl (C=O) groups is 2. The molecule has 3 aliphatic rings. The Bertz CT molecular complexity index is 1600. The molecule has 3 N–H and O–H groups in total. The number of nitrogens with one attached hydrogen (secondary N) is 1. The van der Waals surface area contributed by atoms with Gasteiger partial charge in [-0.3, -0.25) is 4.79 Å². The number of nitrogens with two attached hydrogens (primary N) is 1. The van der Waals surface area contributed by atoms with Gasteiger partial charge < -0.3 is 30.2 Å². The van der Waals surface area contributed by atoms with Crippen LogP contribution in [0.25, 0.3) is 10.2 Å². The van der Waals surface area contributed by atoms with E-state index in [2.05, 4.69) is 45.3 Å². The highest BCUT2D eigenvalue weighted by Gasteiger charge is 2.53. The molecule has 228 valence electrons. The van der Waals surface area contributed by atoms with Crippen LogP contribution < -0.4 is 20.7 Å². The summed E-state index contributed by atoms with van der Waals surface area (Å²) < 4.78 is 17.9. The molecule has 0 saturated carbocycles. The van der Waals surface area contributed by atoms with Crippen molar-refractivity contribution >= 4 is 51.1 Å². The van der Waals surface area contributed by atoms with Crippen molar-refractivity contribution in [1.29, 1.82) is 0 Å². The van der Waals surface area contributed by atoms with Crippen molar-refractivity contribution in [1.82, 2.24) is 10.3 Å². The molecule has 3 aromatic rings. The number of nitrogens with zero attached hydrogens (tertiary/aromatic N) is 3. The first kappa shape index (κ1) is 29.4. The molecule has 0 bridgehead atoms. The summed E-state index contributed by atoms with van der Waals surface area (Å²) in [5.74, 6) is 0.860. The number of amides is 2. The molecule has 1 unspecified atom stereocenters. The Morgan fingerprint density at radius 2 is 2.09 bits per heavy atom. The molecule has 2 aromatic heterocycles. The van der Waals surface area contributed by atoms with Crippen molar-refractivity contribution in [3.63, 3.8) is 0 Å². The highest BCUT2D eigenvalue weighted by molar-refractivity contribution is 7.21. The Morgan fingerprint density at radius 1 is 1.28 bits per heavy atom. The Labute approximate surface area is 255 Å². The van der Waals surface area contributed by atoms with E-state index in [4.69, 9.17) is 19.9 Å². The predicted octanol–water partition coefficient (Wildman–Crippen LogP) is 5.16. The summed E-state index contributed by atoms with van der Waals surface area (Å²) in [4.78, 5) is 37.7. The average Bonchev–Trinajstić information content (AvgIpc) is 3.61. The van der Waals surface area contributed by atoms with Crippen molar-refractivity contribution in [2.45, 2.75) is 64.7 Å². The molecule has 11 heteroatoms. The van der Waals surface area contributed by atoms with Gasteiger partial charge in [0.2, 0.25) is 0 Å². The number of aliphatic imine (C=N–C) groups is 1.